The molecule has 3 nitrogen and oxygen atoms in total. The van der Waals surface area contributed by atoms with Crippen LogP contribution in [0.1, 0.15) is 24.9 Å². The van der Waals surface area contributed by atoms with E-state index in [-0.39, 0.29) is 6.04 Å². The Morgan fingerprint density at radius 1 is 1.47 bits per heavy atom. The highest BCUT2D eigenvalue weighted by atomic mass is 32.2. The first-order valence-corrected chi connectivity index (χ1v) is 7.04. The van der Waals surface area contributed by atoms with Gasteiger partial charge in [0.15, 0.2) is 5.17 Å². The van der Waals surface area contributed by atoms with Crippen molar-refractivity contribution in [1.29, 1.82) is 0 Å². The van der Waals surface area contributed by atoms with Gasteiger partial charge >= 0.3 is 0 Å². The Morgan fingerprint density at radius 2 is 2.35 bits per heavy atom. The fourth-order valence-corrected chi connectivity index (χ4v) is 3.26. The number of hydrogen-bond donors (Lipinski definition) is 1. The summed E-state index contributed by atoms with van der Waals surface area (Å²) >= 11 is 1.82. The highest BCUT2D eigenvalue weighted by molar-refractivity contribution is 8.14. The van der Waals surface area contributed by atoms with E-state index in [0.29, 0.717) is 12.6 Å². The van der Waals surface area contributed by atoms with Crippen molar-refractivity contribution >= 4 is 16.9 Å². The lowest BCUT2D eigenvalue weighted by molar-refractivity contribution is 0.334. The summed E-state index contributed by atoms with van der Waals surface area (Å²) in [6.45, 7) is 2.87. The van der Waals surface area contributed by atoms with Crippen molar-refractivity contribution in [3.63, 3.8) is 0 Å². The molecular weight excluding hydrogens is 232 g/mol. The second-order valence-corrected chi connectivity index (χ2v) is 5.37. The number of amidine groups is 1. The minimum absolute atomic E-state index is 0.164. The van der Waals surface area contributed by atoms with E-state index in [2.05, 4.69) is 18.3 Å². The summed E-state index contributed by atoms with van der Waals surface area (Å²) in [5.41, 5.74) is 1.21. The predicted molar refractivity (Wildman–Crippen MR) is 71.8 cm³/mol. The predicted octanol–water partition coefficient (Wildman–Crippen LogP) is 2.59. The van der Waals surface area contributed by atoms with Crippen LogP contribution >= 0.6 is 11.8 Å². The molecule has 1 aromatic carbocycles. The van der Waals surface area contributed by atoms with Crippen molar-refractivity contribution in [3.05, 3.63) is 29.8 Å². The molecule has 2 aliphatic heterocycles. The molecule has 2 aliphatic rings. The summed E-state index contributed by atoms with van der Waals surface area (Å²) in [5.74, 6) is 2.11. The maximum atomic E-state index is 5.63. The molecule has 17 heavy (non-hydrogen) atoms. The number of thioether (sulfide) groups is 1. The molecule has 2 atom stereocenters. The highest BCUT2D eigenvalue weighted by Crippen LogP contribution is 2.35. The molecule has 0 saturated carbocycles. The van der Waals surface area contributed by atoms with E-state index in [1.165, 1.54) is 5.56 Å². The van der Waals surface area contributed by atoms with Crippen LogP contribution in [0.4, 0.5) is 0 Å². The summed E-state index contributed by atoms with van der Waals surface area (Å²) < 4.78 is 5.63. The topological polar surface area (TPSA) is 33.6 Å². The number of hydrogen-bond acceptors (Lipinski definition) is 3. The Balaban J connectivity index is 1.77. The number of fused-ring (bicyclic) bond motifs is 1. The molecule has 0 bridgehead atoms. The van der Waals surface area contributed by atoms with Gasteiger partial charge in [-0.05, 0) is 12.5 Å². The number of ether oxygens (including phenoxy) is 1. The number of para-hydroxylation sites is 1. The van der Waals surface area contributed by atoms with Gasteiger partial charge in [-0.3, -0.25) is 4.99 Å². The summed E-state index contributed by atoms with van der Waals surface area (Å²) in [6, 6.07) is 8.91. The maximum absolute atomic E-state index is 5.63. The standard InChI is InChI=1S/C13H16N2OS/c1-2-9-8-17-13(14-9)15-11-7-16-12-6-4-3-5-10(11)12/h3-6,9,11H,2,7-8H2,1H3,(H,14,15). The van der Waals surface area contributed by atoms with Gasteiger partial charge in [0.05, 0.1) is 0 Å². The van der Waals surface area contributed by atoms with E-state index < -0.39 is 0 Å². The molecule has 90 valence electrons. The number of nitrogens with one attached hydrogen (secondary N) is 1. The molecule has 4 heteroatoms. The van der Waals surface area contributed by atoms with Crippen LogP contribution in [0.2, 0.25) is 0 Å². The van der Waals surface area contributed by atoms with Crippen molar-refractivity contribution in [1.82, 2.24) is 5.32 Å². The normalized spacial score (nSPS) is 28.9. The summed E-state index contributed by atoms with van der Waals surface area (Å²) in [4.78, 5) is 4.76. The molecule has 1 N–H and O–H groups in total. The van der Waals surface area contributed by atoms with Crippen molar-refractivity contribution in [3.8, 4) is 5.75 Å². The Morgan fingerprint density at radius 3 is 3.18 bits per heavy atom. The third-order valence-electron chi connectivity index (χ3n) is 3.19. The smallest absolute Gasteiger partial charge is 0.157 e. The van der Waals surface area contributed by atoms with Crippen LogP contribution in [0.5, 0.6) is 5.75 Å². The molecule has 2 unspecified atom stereocenters. The third-order valence-corrected chi connectivity index (χ3v) is 4.26. The lowest BCUT2D eigenvalue weighted by Gasteiger charge is -2.07. The van der Waals surface area contributed by atoms with Gasteiger partial charge in [0.2, 0.25) is 0 Å². The van der Waals surface area contributed by atoms with Gasteiger partial charge < -0.3 is 10.1 Å². The first-order chi connectivity index (χ1) is 8.36. The van der Waals surface area contributed by atoms with Crippen LogP contribution in [0.15, 0.2) is 29.3 Å². The zero-order valence-corrected chi connectivity index (χ0v) is 10.7. The molecular formula is C13H16N2OS. The monoisotopic (exact) mass is 248 g/mol. The molecule has 1 aromatic rings. The van der Waals surface area contributed by atoms with E-state index in [4.69, 9.17) is 9.73 Å². The summed E-state index contributed by atoms with van der Waals surface area (Å²) in [6.07, 6.45) is 1.16. The molecule has 0 aromatic heterocycles. The van der Waals surface area contributed by atoms with Crippen molar-refractivity contribution in [2.24, 2.45) is 4.99 Å². The van der Waals surface area contributed by atoms with E-state index in [9.17, 15) is 0 Å². The first kappa shape index (κ1) is 11.0. The molecule has 3 rings (SSSR count). The van der Waals surface area contributed by atoms with Gasteiger partial charge in [-0.2, -0.15) is 0 Å². The Bertz CT molecular complexity index is 447. The fourth-order valence-electron chi connectivity index (χ4n) is 2.13. The Kier molecular flexibility index (Phi) is 2.97. The highest BCUT2D eigenvalue weighted by Gasteiger charge is 2.25. The second kappa shape index (κ2) is 4.61. The van der Waals surface area contributed by atoms with Crippen LogP contribution in [0.3, 0.4) is 0 Å². The average molecular weight is 248 g/mol. The van der Waals surface area contributed by atoms with Gasteiger partial charge in [-0.15, -0.1) is 0 Å². The molecule has 2 heterocycles. The van der Waals surface area contributed by atoms with Gasteiger partial charge in [-0.25, -0.2) is 0 Å². The number of benzene rings is 1. The van der Waals surface area contributed by atoms with Crippen LogP contribution in [-0.4, -0.2) is 23.6 Å². The minimum atomic E-state index is 0.164. The summed E-state index contributed by atoms with van der Waals surface area (Å²) in [7, 11) is 0. The van der Waals surface area contributed by atoms with Crippen LogP contribution in [0.25, 0.3) is 0 Å². The van der Waals surface area contributed by atoms with Gasteiger partial charge in [0.1, 0.15) is 18.4 Å². The molecule has 0 amide bonds. The first-order valence-electron chi connectivity index (χ1n) is 6.05. The van der Waals surface area contributed by atoms with Crippen molar-refractivity contribution < 1.29 is 4.74 Å². The van der Waals surface area contributed by atoms with Gasteiger partial charge in [-0.1, -0.05) is 36.9 Å². The second-order valence-electron chi connectivity index (χ2n) is 4.36. The summed E-state index contributed by atoms with van der Waals surface area (Å²) in [5, 5.41) is 4.53. The van der Waals surface area contributed by atoms with E-state index >= 15 is 0 Å². The third kappa shape index (κ3) is 2.14. The molecule has 0 aliphatic carbocycles. The zero-order chi connectivity index (χ0) is 11.7. The van der Waals surface area contributed by atoms with E-state index in [1.807, 2.05) is 30.0 Å². The largest absolute Gasteiger partial charge is 0.491 e. The fraction of sp³-hybridized carbons (Fsp3) is 0.462. The number of aliphatic imine (C=N–C) groups is 1. The lowest BCUT2D eigenvalue weighted by Crippen LogP contribution is -2.26. The molecule has 1 fully saturated rings. The van der Waals surface area contributed by atoms with Crippen molar-refractivity contribution in [2.75, 3.05) is 12.4 Å². The molecule has 1 saturated heterocycles. The number of nitrogens with zero attached hydrogens (tertiary/aromatic N) is 1. The van der Waals surface area contributed by atoms with Crippen LogP contribution in [-0.2, 0) is 0 Å². The maximum Gasteiger partial charge on any atom is 0.157 e. The quantitative estimate of drug-likeness (QED) is 0.873. The van der Waals surface area contributed by atoms with Gasteiger partial charge in [0.25, 0.3) is 0 Å². The van der Waals surface area contributed by atoms with Gasteiger partial charge in [0, 0.05) is 17.4 Å². The van der Waals surface area contributed by atoms with Crippen LogP contribution < -0.4 is 10.1 Å². The Hall–Kier alpha value is -1.16. The van der Waals surface area contributed by atoms with E-state index in [1.54, 1.807) is 0 Å². The lowest BCUT2D eigenvalue weighted by atomic mass is 10.1. The molecule has 0 radical (unpaired) electrons. The Labute approximate surface area is 106 Å². The van der Waals surface area contributed by atoms with Crippen molar-refractivity contribution in [2.45, 2.75) is 25.4 Å². The van der Waals surface area contributed by atoms with Crippen LogP contribution in [0, 0.1) is 0 Å². The SMILES string of the molecule is CCC1CSC(=NC2COc3ccccc32)N1. The van der Waals surface area contributed by atoms with E-state index in [0.717, 1.165) is 23.1 Å². The minimum Gasteiger partial charge on any atom is -0.491 e. The average Bonchev–Trinajstić information content (AvgIpc) is 2.97. The molecule has 0 spiro atoms. The number of rotatable bonds is 2. The zero-order valence-electron chi connectivity index (χ0n) is 9.85.